The number of amides is 1. The Kier molecular flexibility index (Phi) is 2.06. The fourth-order valence-corrected chi connectivity index (χ4v) is 0.986. The van der Waals surface area contributed by atoms with Gasteiger partial charge in [0, 0.05) is 13.1 Å². The first-order valence-electron chi connectivity index (χ1n) is 3.28. The lowest BCUT2D eigenvalue weighted by molar-refractivity contribution is -0.132. The molecule has 0 radical (unpaired) electrons. The maximum atomic E-state index is 10.8. The van der Waals surface area contributed by atoms with Crippen molar-refractivity contribution in [2.24, 2.45) is 0 Å². The van der Waals surface area contributed by atoms with Gasteiger partial charge in [-0.3, -0.25) is 4.79 Å². The van der Waals surface area contributed by atoms with Gasteiger partial charge >= 0.3 is 0 Å². The van der Waals surface area contributed by atoms with Crippen LogP contribution in [-0.2, 0) is 4.79 Å². The number of nitrogens with zero attached hydrogens (tertiary/aromatic N) is 1. The third kappa shape index (κ3) is 1.36. The van der Waals surface area contributed by atoms with E-state index in [1.54, 1.807) is 4.90 Å². The highest BCUT2D eigenvalue weighted by Crippen LogP contribution is 2.06. The third-order valence-electron chi connectivity index (χ3n) is 1.59. The molecule has 56 valence electrons. The van der Waals surface area contributed by atoms with Gasteiger partial charge in [0.05, 0.1) is 0 Å². The van der Waals surface area contributed by atoms with Gasteiger partial charge in [-0.15, -0.1) is 0 Å². The minimum Gasteiger partial charge on any atom is -0.387 e. The highest BCUT2D eigenvalue weighted by molar-refractivity contribution is 5.78. The summed E-state index contributed by atoms with van der Waals surface area (Å²) >= 11 is 0. The summed E-state index contributed by atoms with van der Waals surface area (Å²) in [6, 6.07) is 0. The van der Waals surface area contributed by atoms with Crippen LogP contribution in [0.25, 0.3) is 0 Å². The maximum Gasteiger partial charge on any atom is 0.248 e. The Labute approximate surface area is 59.9 Å². The van der Waals surface area contributed by atoms with Crippen molar-refractivity contribution in [1.82, 2.24) is 4.90 Å². The molecule has 0 unspecified atom stereocenters. The van der Waals surface area contributed by atoms with E-state index in [-0.39, 0.29) is 12.5 Å². The molecule has 1 N–H and O–H groups in total. The van der Waals surface area contributed by atoms with Crippen molar-refractivity contribution in [2.75, 3.05) is 19.7 Å². The first-order valence-corrected chi connectivity index (χ1v) is 3.28. The number of carbonyl (C=O) groups is 1. The number of aliphatic hydroxyl groups is 1. The Morgan fingerprint density at radius 1 is 1.90 bits per heavy atom. The Bertz CT molecular complexity index is 174. The zero-order valence-electron chi connectivity index (χ0n) is 6.00. The van der Waals surface area contributed by atoms with Crippen molar-refractivity contribution in [3.8, 4) is 0 Å². The zero-order chi connectivity index (χ0) is 7.56. The van der Waals surface area contributed by atoms with Gasteiger partial charge in [0.25, 0.3) is 0 Å². The van der Waals surface area contributed by atoms with Crippen LogP contribution in [0.15, 0.2) is 11.6 Å². The molecule has 3 heteroatoms. The number of carbonyl (C=O) groups excluding carboxylic acids is 1. The summed E-state index contributed by atoms with van der Waals surface area (Å²) in [7, 11) is 0. The minimum atomic E-state index is -0.374. The second-order valence-electron chi connectivity index (χ2n) is 2.48. The molecule has 1 amide bonds. The highest BCUT2D eigenvalue weighted by Gasteiger charge is 2.15. The lowest BCUT2D eigenvalue weighted by Crippen LogP contribution is -2.31. The highest BCUT2D eigenvalue weighted by atomic mass is 16.3. The van der Waals surface area contributed by atoms with Gasteiger partial charge in [-0.1, -0.05) is 11.6 Å². The second kappa shape index (κ2) is 2.84. The Hall–Kier alpha value is -0.830. The predicted molar refractivity (Wildman–Crippen MR) is 37.4 cm³/mol. The van der Waals surface area contributed by atoms with Crippen LogP contribution in [0.1, 0.15) is 6.92 Å². The van der Waals surface area contributed by atoms with Gasteiger partial charge < -0.3 is 10.0 Å². The standard InChI is InChI=1S/C7H11NO2/c1-6-2-3-8(4-6)7(10)5-9/h2,9H,3-5H2,1H3. The average molecular weight is 141 g/mol. The summed E-state index contributed by atoms with van der Waals surface area (Å²) in [5, 5.41) is 8.47. The number of hydrogen-bond donors (Lipinski definition) is 1. The Morgan fingerprint density at radius 3 is 3.00 bits per heavy atom. The Balaban J connectivity index is 2.42. The molecule has 3 nitrogen and oxygen atoms in total. The minimum absolute atomic E-state index is 0.187. The summed E-state index contributed by atoms with van der Waals surface area (Å²) in [4.78, 5) is 12.4. The summed E-state index contributed by atoms with van der Waals surface area (Å²) in [6.07, 6.45) is 1.99. The van der Waals surface area contributed by atoms with E-state index in [9.17, 15) is 4.79 Å². The molecule has 0 fully saturated rings. The molecule has 1 aliphatic heterocycles. The molecule has 0 aromatic heterocycles. The van der Waals surface area contributed by atoms with Crippen LogP contribution in [0.4, 0.5) is 0 Å². The monoisotopic (exact) mass is 141 g/mol. The van der Waals surface area contributed by atoms with Crippen molar-refractivity contribution in [1.29, 1.82) is 0 Å². The molecular weight excluding hydrogens is 130 g/mol. The second-order valence-corrected chi connectivity index (χ2v) is 2.48. The van der Waals surface area contributed by atoms with E-state index in [0.717, 1.165) is 0 Å². The fraction of sp³-hybridized carbons (Fsp3) is 0.571. The number of rotatable bonds is 1. The summed E-state index contributed by atoms with van der Waals surface area (Å²) in [5.74, 6) is -0.187. The van der Waals surface area contributed by atoms with Crippen molar-refractivity contribution >= 4 is 5.91 Å². The van der Waals surface area contributed by atoms with Crippen molar-refractivity contribution < 1.29 is 9.90 Å². The van der Waals surface area contributed by atoms with Gasteiger partial charge in [-0.25, -0.2) is 0 Å². The maximum absolute atomic E-state index is 10.8. The van der Waals surface area contributed by atoms with Crippen LogP contribution in [0.2, 0.25) is 0 Å². The Morgan fingerprint density at radius 2 is 2.60 bits per heavy atom. The van der Waals surface area contributed by atoms with E-state index >= 15 is 0 Å². The fourth-order valence-electron chi connectivity index (χ4n) is 0.986. The molecule has 1 rings (SSSR count). The van der Waals surface area contributed by atoms with Gasteiger partial charge in [0.1, 0.15) is 6.61 Å². The number of aliphatic hydroxyl groups excluding tert-OH is 1. The molecule has 0 aromatic carbocycles. The van der Waals surface area contributed by atoms with Crippen molar-refractivity contribution in [2.45, 2.75) is 6.92 Å². The molecule has 0 spiro atoms. The molecule has 0 saturated heterocycles. The molecule has 1 heterocycles. The van der Waals surface area contributed by atoms with Crippen LogP contribution < -0.4 is 0 Å². The molecule has 0 bridgehead atoms. The van der Waals surface area contributed by atoms with E-state index in [4.69, 9.17) is 5.11 Å². The lowest BCUT2D eigenvalue weighted by Gasteiger charge is -2.13. The molecular formula is C7H11NO2. The van der Waals surface area contributed by atoms with Crippen LogP contribution >= 0.6 is 0 Å². The number of hydrogen-bond acceptors (Lipinski definition) is 2. The topological polar surface area (TPSA) is 40.5 Å². The smallest absolute Gasteiger partial charge is 0.248 e. The zero-order valence-corrected chi connectivity index (χ0v) is 6.00. The molecule has 0 aliphatic carbocycles. The average Bonchev–Trinajstić information content (AvgIpc) is 2.34. The quantitative estimate of drug-likeness (QED) is 0.512. The van der Waals surface area contributed by atoms with E-state index in [0.29, 0.717) is 13.1 Å². The van der Waals surface area contributed by atoms with Crippen LogP contribution in [0.3, 0.4) is 0 Å². The lowest BCUT2D eigenvalue weighted by atomic mass is 10.3. The first-order chi connectivity index (χ1) is 4.74. The molecule has 1 aliphatic rings. The van der Waals surface area contributed by atoms with E-state index in [1.165, 1.54) is 5.57 Å². The van der Waals surface area contributed by atoms with E-state index < -0.39 is 0 Å². The normalized spacial score (nSPS) is 17.4. The molecule has 10 heavy (non-hydrogen) atoms. The third-order valence-corrected chi connectivity index (χ3v) is 1.59. The van der Waals surface area contributed by atoms with Crippen LogP contribution in [-0.4, -0.2) is 35.6 Å². The van der Waals surface area contributed by atoms with Crippen LogP contribution in [0, 0.1) is 0 Å². The van der Waals surface area contributed by atoms with E-state index in [2.05, 4.69) is 0 Å². The van der Waals surface area contributed by atoms with E-state index in [1.807, 2.05) is 13.0 Å². The molecule has 0 aromatic rings. The predicted octanol–water partition coefficient (Wildman–Crippen LogP) is -0.233. The van der Waals surface area contributed by atoms with Crippen molar-refractivity contribution in [3.05, 3.63) is 11.6 Å². The SMILES string of the molecule is CC1=CCN(C(=O)CO)C1. The summed E-state index contributed by atoms with van der Waals surface area (Å²) in [6.45, 7) is 2.94. The van der Waals surface area contributed by atoms with Gasteiger partial charge in [0.15, 0.2) is 0 Å². The molecule has 0 saturated carbocycles. The van der Waals surface area contributed by atoms with Gasteiger partial charge in [-0.2, -0.15) is 0 Å². The first kappa shape index (κ1) is 7.28. The van der Waals surface area contributed by atoms with Gasteiger partial charge in [0.2, 0.25) is 5.91 Å². The molecule has 0 atom stereocenters. The largest absolute Gasteiger partial charge is 0.387 e. The van der Waals surface area contributed by atoms with Crippen LogP contribution in [0.5, 0.6) is 0 Å². The summed E-state index contributed by atoms with van der Waals surface area (Å²) < 4.78 is 0. The summed E-state index contributed by atoms with van der Waals surface area (Å²) in [5.41, 5.74) is 1.20. The van der Waals surface area contributed by atoms with Crippen molar-refractivity contribution in [3.63, 3.8) is 0 Å². The van der Waals surface area contributed by atoms with Gasteiger partial charge in [-0.05, 0) is 6.92 Å².